The minimum atomic E-state index is 0.117. The number of anilines is 1. The van der Waals surface area contributed by atoms with E-state index >= 15 is 0 Å². The highest BCUT2D eigenvalue weighted by Crippen LogP contribution is 2.38. The lowest BCUT2D eigenvalue weighted by Crippen LogP contribution is -2.06. The van der Waals surface area contributed by atoms with Gasteiger partial charge in [-0.1, -0.05) is 42.8 Å². The molecule has 0 aliphatic carbocycles. The first kappa shape index (κ1) is 18.1. The van der Waals surface area contributed by atoms with E-state index in [1.54, 1.807) is 0 Å². The molecular formula is C20H22N4OS. The molecule has 0 unspecified atom stereocenters. The summed E-state index contributed by atoms with van der Waals surface area (Å²) in [4.78, 5) is 0. The van der Waals surface area contributed by atoms with Gasteiger partial charge in [-0.05, 0) is 50.2 Å². The zero-order valence-electron chi connectivity index (χ0n) is 15.2. The molecule has 0 atom stereocenters. The summed E-state index contributed by atoms with van der Waals surface area (Å²) in [5.41, 5.74) is 4.56. The van der Waals surface area contributed by atoms with Crippen LogP contribution < -0.4 is 5.32 Å². The molecule has 0 amide bonds. The number of fused-ring (bicyclic) bond motifs is 1. The number of nitrogens with zero attached hydrogens (tertiary/aromatic N) is 3. The van der Waals surface area contributed by atoms with Crippen LogP contribution in [0.2, 0.25) is 0 Å². The maximum absolute atomic E-state index is 10.6. The smallest absolute Gasteiger partial charge is 0.220 e. The molecule has 0 spiro atoms. The molecule has 26 heavy (non-hydrogen) atoms. The summed E-state index contributed by atoms with van der Waals surface area (Å²) in [7, 11) is 0. The maximum atomic E-state index is 10.6. The van der Waals surface area contributed by atoms with E-state index in [0.29, 0.717) is 12.2 Å². The topological polar surface area (TPSA) is 61.9 Å². The Bertz CT molecular complexity index is 991. The first-order valence-corrected chi connectivity index (χ1v) is 9.02. The second-order valence-electron chi connectivity index (χ2n) is 6.29. The number of rotatable bonds is 4. The zero-order valence-corrected chi connectivity index (χ0v) is 16.0. The Morgan fingerprint density at radius 3 is 2.69 bits per heavy atom. The summed E-state index contributed by atoms with van der Waals surface area (Å²) in [5, 5.41) is 23.1. The highest BCUT2D eigenvalue weighted by atomic mass is 32.1. The van der Waals surface area contributed by atoms with Gasteiger partial charge in [0.1, 0.15) is 0 Å². The van der Waals surface area contributed by atoms with Crippen LogP contribution in [0.1, 0.15) is 24.5 Å². The molecule has 134 valence electrons. The van der Waals surface area contributed by atoms with Crippen molar-refractivity contribution in [2.24, 2.45) is 10.2 Å². The van der Waals surface area contributed by atoms with Crippen LogP contribution in [-0.4, -0.2) is 14.8 Å². The van der Waals surface area contributed by atoms with Crippen molar-refractivity contribution in [1.29, 1.82) is 0 Å². The minimum absolute atomic E-state index is 0.117. The predicted molar refractivity (Wildman–Crippen MR) is 111 cm³/mol. The van der Waals surface area contributed by atoms with Gasteiger partial charge in [-0.3, -0.25) is 0 Å². The van der Waals surface area contributed by atoms with Crippen molar-refractivity contribution in [3.05, 3.63) is 53.6 Å². The number of nitrogens with one attached hydrogen (secondary N) is 1. The lowest BCUT2D eigenvalue weighted by atomic mass is 10.1. The molecule has 6 heteroatoms. The van der Waals surface area contributed by atoms with Crippen molar-refractivity contribution in [1.82, 2.24) is 4.57 Å². The fourth-order valence-corrected chi connectivity index (χ4v) is 3.16. The van der Waals surface area contributed by atoms with E-state index in [9.17, 15) is 5.11 Å². The second kappa shape index (κ2) is 7.66. The summed E-state index contributed by atoms with van der Waals surface area (Å²) >= 11 is 5.29. The molecule has 0 radical (unpaired) electrons. The van der Waals surface area contributed by atoms with E-state index in [0.717, 1.165) is 28.6 Å². The summed E-state index contributed by atoms with van der Waals surface area (Å²) in [6, 6.07) is 13.8. The van der Waals surface area contributed by atoms with E-state index in [1.807, 2.05) is 54.8 Å². The van der Waals surface area contributed by atoms with Crippen molar-refractivity contribution < 1.29 is 5.11 Å². The standard InChI is InChI=1S/C20H22N4OS/c1-4-11-24-17-8-6-5-7-15(17)18(19(24)25)22-23-20(26)21-16-10-9-13(2)12-14(16)3/h5-10,12,25H,4,11H2,1-3H3,(H,21,26). The average Bonchev–Trinajstić information content (AvgIpc) is 2.88. The molecule has 5 nitrogen and oxygen atoms in total. The summed E-state index contributed by atoms with van der Waals surface area (Å²) in [6.45, 7) is 6.84. The molecule has 2 N–H and O–H groups in total. The maximum Gasteiger partial charge on any atom is 0.220 e. The highest BCUT2D eigenvalue weighted by molar-refractivity contribution is 7.80. The number of aromatic hydroxyl groups is 1. The molecule has 0 aliphatic heterocycles. The van der Waals surface area contributed by atoms with Crippen LogP contribution in [0.5, 0.6) is 5.88 Å². The first-order valence-electron chi connectivity index (χ1n) is 8.61. The van der Waals surface area contributed by atoms with Gasteiger partial charge in [0.05, 0.1) is 5.52 Å². The molecule has 3 aromatic rings. The van der Waals surface area contributed by atoms with Crippen molar-refractivity contribution in [2.75, 3.05) is 5.32 Å². The van der Waals surface area contributed by atoms with Gasteiger partial charge in [0.2, 0.25) is 11.0 Å². The number of hydrogen-bond acceptors (Lipinski definition) is 3. The largest absolute Gasteiger partial charge is 0.493 e. The quantitative estimate of drug-likeness (QED) is 0.449. The number of azo groups is 1. The molecule has 0 saturated carbocycles. The minimum Gasteiger partial charge on any atom is -0.493 e. The first-order chi connectivity index (χ1) is 12.5. The van der Waals surface area contributed by atoms with Gasteiger partial charge in [-0.2, -0.15) is 0 Å². The van der Waals surface area contributed by atoms with Gasteiger partial charge in [-0.15, -0.1) is 10.2 Å². The van der Waals surface area contributed by atoms with E-state index in [1.165, 1.54) is 5.56 Å². The Hall–Kier alpha value is -2.73. The number of aromatic nitrogens is 1. The number of aryl methyl sites for hydroxylation is 3. The molecular weight excluding hydrogens is 344 g/mol. The lowest BCUT2D eigenvalue weighted by molar-refractivity contribution is 0.421. The van der Waals surface area contributed by atoms with E-state index < -0.39 is 0 Å². The van der Waals surface area contributed by atoms with E-state index in [4.69, 9.17) is 12.2 Å². The average molecular weight is 366 g/mol. The molecule has 0 aliphatic rings. The molecule has 3 rings (SSSR count). The summed E-state index contributed by atoms with van der Waals surface area (Å²) in [5.74, 6) is 0.117. The monoisotopic (exact) mass is 366 g/mol. The molecule has 0 saturated heterocycles. The van der Waals surface area contributed by atoms with Gasteiger partial charge in [-0.25, -0.2) is 0 Å². The number of thiocarbonyl (C=S) groups is 1. The SMILES string of the molecule is CCCn1c(O)c(N=NC(=S)Nc2ccc(C)cc2C)c2ccccc21. The molecule has 0 bridgehead atoms. The summed E-state index contributed by atoms with van der Waals surface area (Å²) in [6.07, 6.45) is 0.912. The predicted octanol–water partition coefficient (Wildman–Crippen LogP) is 5.85. The van der Waals surface area contributed by atoms with Crippen molar-refractivity contribution in [3.8, 4) is 5.88 Å². The van der Waals surface area contributed by atoms with Crippen molar-refractivity contribution >= 4 is 39.6 Å². The third-order valence-corrected chi connectivity index (χ3v) is 4.41. The van der Waals surface area contributed by atoms with Crippen LogP contribution in [0.4, 0.5) is 11.4 Å². The third-order valence-electron chi connectivity index (χ3n) is 4.23. The van der Waals surface area contributed by atoms with Gasteiger partial charge >= 0.3 is 0 Å². The third kappa shape index (κ3) is 3.60. The van der Waals surface area contributed by atoms with Gasteiger partial charge in [0.25, 0.3) is 0 Å². The van der Waals surface area contributed by atoms with Crippen LogP contribution in [0, 0.1) is 13.8 Å². The molecule has 1 heterocycles. The van der Waals surface area contributed by atoms with Crippen molar-refractivity contribution in [2.45, 2.75) is 33.7 Å². The number of hydrogen-bond donors (Lipinski definition) is 2. The Balaban J connectivity index is 1.88. The Morgan fingerprint density at radius 2 is 1.96 bits per heavy atom. The van der Waals surface area contributed by atoms with Crippen LogP contribution in [0.15, 0.2) is 52.7 Å². The fourth-order valence-electron chi connectivity index (χ4n) is 3.01. The lowest BCUT2D eigenvalue weighted by Gasteiger charge is -2.07. The van der Waals surface area contributed by atoms with Gasteiger partial charge < -0.3 is 15.0 Å². The Kier molecular flexibility index (Phi) is 5.32. The Morgan fingerprint density at radius 1 is 1.19 bits per heavy atom. The summed E-state index contributed by atoms with van der Waals surface area (Å²) < 4.78 is 1.85. The van der Waals surface area contributed by atoms with Crippen LogP contribution in [0.25, 0.3) is 10.9 Å². The van der Waals surface area contributed by atoms with Crippen LogP contribution in [0.3, 0.4) is 0 Å². The van der Waals surface area contributed by atoms with Gasteiger partial charge in [0, 0.05) is 17.6 Å². The molecule has 2 aromatic carbocycles. The second-order valence-corrected chi connectivity index (χ2v) is 6.68. The molecule has 1 aromatic heterocycles. The highest BCUT2D eigenvalue weighted by Gasteiger charge is 2.15. The Labute approximate surface area is 158 Å². The van der Waals surface area contributed by atoms with Crippen LogP contribution in [-0.2, 0) is 6.54 Å². The number of para-hydroxylation sites is 1. The van der Waals surface area contributed by atoms with Gasteiger partial charge in [0.15, 0.2) is 5.69 Å². The zero-order chi connectivity index (χ0) is 18.7. The normalized spacial score (nSPS) is 11.3. The van der Waals surface area contributed by atoms with E-state index in [-0.39, 0.29) is 11.0 Å². The molecule has 0 fully saturated rings. The fraction of sp³-hybridized carbons (Fsp3) is 0.250. The van der Waals surface area contributed by atoms with Crippen LogP contribution >= 0.6 is 12.2 Å². The number of benzene rings is 2. The van der Waals surface area contributed by atoms with E-state index in [2.05, 4.69) is 28.5 Å². The van der Waals surface area contributed by atoms with Crippen molar-refractivity contribution in [3.63, 3.8) is 0 Å².